The third-order valence-corrected chi connectivity index (χ3v) is 3.10. The van der Waals surface area contributed by atoms with Crippen molar-refractivity contribution in [2.24, 2.45) is 4.99 Å². The second kappa shape index (κ2) is 11.3. The van der Waals surface area contributed by atoms with Gasteiger partial charge in [-0.05, 0) is 46.8 Å². The Kier molecular flexibility index (Phi) is 9.39. The number of ether oxygens (including phenoxy) is 2. The van der Waals surface area contributed by atoms with E-state index in [2.05, 4.69) is 20.9 Å². The van der Waals surface area contributed by atoms with Crippen LogP contribution in [0.15, 0.2) is 29.3 Å². The minimum atomic E-state index is -0.526. The smallest absolute Gasteiger partial charge is 0.407 e. The highest BCUT2D eigenvalue weighted by atomic mass is 19.1. The Bertz CT molecular complexity index is 617. The molecule has 3 N–H and O–H groups in total. The van der Waals surface area contributed by atoms with Crippen LogP contribution in [0.3, 0.4) is 0 Å². The van der Waals surface area contributed by atoms with E-state index in [1.807, 2.05) is 34.6 Å². The highest BCUT2D eigenvalue weighted by Gasteiger charge is 2.15. The van der Waals surface area contributed by atoms with Gasteiger partial charge in [0.1, 0.15) is 11.7 Å². The molecular formula is C19H31FN4O3. The number of benzene rings is 1. The highest BCUT2D eigenvalue weighted by molar-refractivity contribution is 5.79. The monoisotopic (exact) mass is 382 g/mol. The van der Waals surface area contributed by atoms with Crippen molar-refractivity contribution in [1.82, 2.24) is 16.0 Å². The van der Waals surface area contributed by atoms with Crippen LogP contribution in [0.4, 0.5) is 9.18 Å². The maximum Gasteiger partial charge on any atom is 0.407 e. The van der Waals surface area contributed by atoms with Gasteiger partial charge in [-0.3, -0.25) is 0 Å². The molecule has 152 valence electrons. The third-order valence-electron chi connectivity index (χ3n) is 3.10. The number of amides is 1. The van der Waals surface area contributed by atoms with Gasteiger partial charge in [0.05, 0.1) is 6.54 Å². The van der Waals surface area contributed by atoms with Crippen molar-refractivity contribution in [3.8, 4) is 5.75 Å². The minimum absolute atomic E-state index is 0.208. The maximum atomic E-state index is 13.6. The number of rotatable bonds is 8. The summed E-state index contributed by atoms with van der Waals surface area (Å²) >= 11 is 0. The van der Waals surface area contributed by atoms with Gasteiger partial charge in [0, 0.05) is 19.6 Å². The fourth-order valence-electron chi connectivity index (χ4n) is 2.02. The number of hydrogen-bond acceptors (Lipinski definition) is 4. The molecule has 1 amide bonds. The van der Waals surface area contributed by atoms with Crippen LogP contribution in [-0.2, 0) is 4.74 Å². The van der Waals surface area contributed by atoms with Crippen LogP contribution in [0.25, 0.3) is 0 Å². The third kappa shape index (κ3) is 10.3. The molecule has 1 rings (SSSR count). The number of nitrogens with one attached hydrogen (secondary N) is 3. The van der Waals surface area contributed by atoms with Gasteiger partial charge in [0.15, 0.2) is 17.5 Å². The van der Waals surface area contributed by atoms with Crippen molar-refractivity contribution in [1.29, 1.82) is 0 Å². The second-order valence-corrected chi connectivity index (χ2v) is 6.93. The first-order valence-corrected chi connectivity index (χ1v) is 9.11. The summed E-state index contributed by atoms with van der Waals surface area (Å²) in [5.41, 5.74) is -0.526. The van der Waals surface area contributed by atoms with Gasteiger partial charge in [0.2, 0.25) is 0 Å². The Hall–Kier alpha value is -2.51. The predicted molar refractivity (Wildman–Crippen MR) is 105 cm³/mol. The minimum Gasteiger partial charge on any atom is -0.486 e. The van der Waals surface area contributed by atoms with Crippen molar-refractivity contribution >= 4 is 12.1 Å². The zero-order valence-corrected chi connectivity index (χ0v) is 16.8. The van der Waals surface area contributed by atoms with E-state index in [1.165, 1.54) is 6.07 Å². The number of guanidine groups is 1. The van der Waals surface area contributed by atoms with Crippen molar-refractivity contribution in [3.05, 3.63) is 30.1 Å². The van der Waals surface area contributed by atoms with Crippen LogP contribution < -0.4 is 20.7 Å². The molecule has 1 unspecified atom stereocenters. The maximum absolute atomic E-state index is 13.6. The molecule has 1 aromatic carbocycles. The van der Waals surface area contributed by atoms with E-state index in [-0.39, 0.29) is 11.9 Å². The zero-order chi connectivity index (χ0) is 20.3. The molecule has 0 radical (unpaired) electrons. The largest absolute Gasteiger partial charge is 0.486 e. The van der Waals surface area contributed by atoms with Crippen LogP contribution in [0.5, 0.6) is 5.75 Å². The van der Waals surface area contributed by atoms with E-state index >= 15 is 0 Å². The van der Waals surface area contributed by atoms with Crippen LogP contribution >= 0.6 is 0 Å². The van der Waals surface area contributed by atoms with Crippen molar-refractivity contribution in [2.75, 3.05) is 26.2 Å². The van der Waals surface area contributed by atoms with Crippen molar-refractivity contribution in [2.45, 2.75) is 46.3 Å². The fraction of sp³-hybridized carbons (Fsp3) is 0.579. The van der Waals surface area contributed by atoms with Gasteiger partial charge < -0.3 is 25.4 Å². The summed E-state index contributed by atoms with van der Waals surface area (Å²) in [4.78, 5) is 16.0. The molecule has 1 aromatic rings. The van der Waals surface area contributed by atoms with Crippen LogP contribution in [0.2, 0.25) is 0 Å². The molecule has 0 aliphatic rings. The Morgan fingerprint density at radius 3 is 2.48 bits per heavy atom. The van der Waals surface area contributed by atoms with Gasteiger partial charge >= 0.3 is 6.09 Å². The Balaban J connectivity index is 2.41. The first kappa shape index (κ1) is 22.5. The molecule has 0 heterocycles. The number of nitrogens with zero attached hydrogens (tertiary/aromatic N) is 1. The number of carbonyl (C=O) groups is 1. The lowest BCUT2D eigenvalue weighted by Crippen LogP contribution is -2.42. The summed E-state index contributed by atoms with van der Waals surface area (Å²) in [6.07, 6.45) is -0.754. The molecule has 0 saturated carbocycles. The molecule has 8 heteroatoms. The molecule has 0 aromatic heterocycles. The van der Waals surface area contributed by atoms with E-state index in [0.717, 1.165) is 0 Å². The van der Waals surface area contributed by atoms with E-state index in [4.69, 9.17) is 9.47 Å². The topological polar surface area (TPSA) is 84.0 Å². The summed E-state index contributed by atoms with van der Waals surface area (Å²) in [5, 5.41) is 8.88. The number of para-hydroxylation sites is 1. The average molecular weight is 382 g/mol. The highest BCUT2D eigenvalue weighted by Crippen LogP contribution is 2.16. The van der Waals surface area contributed by atoms with Gasteiger partial charge in [0.25, 0.3) is 0 Å². The molecule has 0 aliphatic heterocycles. The summed E-state index contributed by atoms with van der Waals surface area (Å²) in [6.45, 7) is 11.1. The Morgan fingerprint density at radius 2 is 1.85 bits per heavy atom. The van der Waals surface area contributed by atoms with Crippen LogP contribution in [0, 0.1) is 5.82 Å². The number of halogens is 1. The van der Waals surface area contributed by atoms with Gasteiger partial charge in [-0.25, -0.2) is 14.2 Å². The van der Waals surface area contributed by atoms with Gasteiger partial charge in [-0.2, -0.15) is 0 Å². The van der Waals surface area contributed by atoms with E-state index in [9.17, 15) is 9.18 Å². The fourth-order valence-corrected chi connectivity index (χ4v) is 2.02. The molecule has 0 spiro atoms. The van der Waals surface area contributed by atoms with E-state index < -0.39 is 17.5 Å². The zero-order valence-electron chi connectivity index (χ0n) is 16.8. The van der Waals surface area contributed by atoms with Crippen molar-refractivity contribution in [3.63, 3.8) is 0 Å². The molecular weight excluding hydrogens is 351 g/mol. The average Bonchev–Trinajstić information content (AvgIpc) is 2.57. The van der Waals surface area contributed by atoms with Crippen LogP contribution in [-0.4, -0.2) is 49.9 Å². The first-order chi connectivity index (χ1) is 12.7. The molecule has 0 aliphatic carbocycles. The number of alkyl carbamates (subject to hydrolysis) is 1. The van der Waals surface area contributed by atoms with E-state index in [1.54, 1.807) is 18.2 Å². The Morgan fingerprint density at radius 1 is 1.19 bits per heavy atom. The molecule has 27 heavy (non-hydrogen) atoms. The summed E-state index contributed by atoms with van der Waals surface area (Å²) in [7, 11) is 0. The Labute approximate surface area is 160 Å². The lowest BCUT2D eigenvalue weighted by atomic mass is 10.2. The first-order valence-electron chi connectivity index (χ1n) is 9.11. The quantitative estimate of drug-likeness (QED) is 0.366. The van der Waals surface area contributed by atoms with Gasteiger partial charge in [-0.1, -0.05) is 12.1 Å². The summed E-state index contributed by atoms with van der Waals surface area (Å²) in [6, 6.07) is 6.27. The lowest BCUT2D eigenvalue weighted by molar-refractivity contribution is 0.0529. The molecule has 7 nitrogen and oxygen atoms in total. The summed E-state index contributed by atoms with van der Waals surface area (Å²) < 4.78 is 24.3. The van der Waals surface area contributed by atoms with Gasteiger partial charge in [-0.15, -0.1) is 0 Å². The van der Waals surface area contributed by atoms with E-state index in [0.29, 0.717) is 32.1 Å². The number of hydrogen-bond donors (Lipinski definition) is 3. The molecule has 0 fully saturated rings. The lowest BCUT2D eigenvalue weighted by Gasteiger charge is -2.20. The number of carbonyl (C=O) groups excluding carboxylic acids is 1. The second-order valence-electron chi connectivity index (χ2n) is 6.93. The SMILES string of the molecule is CCNC(=NCC(C)Oc1ccccc1F)NCCNC(=O)OC(C)(C)C. The summed E-state index contributed by atoms with van der Waals surface area (Å²) in [5.74, 6) is 0.402. The van der Waals surface area contributed by atoms with Crippen LogP contribution in [0.1, 0.15) is 34.6 Å². The van der Waals surface area contributed by atoms with Crippen molar-refractivity contribution < 1.29 is 18.7 Å². The number of aliphatic imine (C=N–C) groups is 1. The normalized spacial score (nSPS) is 12.9. The standard InChI is InChI=1S/C19H31FN4O3/c1-6-21-17(22-11-12-23-18(25)27-19(3,4)5)24-13-14(2)26-16-10-8-7-9-15(16)20/h7-10,14H,6,11-13H2,1-5H3,(H,23,25)(H2,21,22,24). The molecule has 1 atom stereocenters. The molecule has 0 bridgehead atoms. The predicted octanol–water partition coefficient (Wildman–Crippen LogP) is 2.67. The molecule has 0 saturated heterocycles.